The lowest BCUT2D eigenvalue weighted by atomic mass is 10.1. The van der Waals surface area contributed by atoms with Gasteiger partial charge in [0.1, 0.15) is 0 Å². The zero-order valence-electron chi connectivity index (χ0n) is 12.3. The third-order valence-corrected chi connectivity index (χ3v) is 5.26. The molecule has 0 spiro atoms. The molecule has 3 heteroatoms. The molecule has 1 rings (SSSR count). The number of aryl methyl sites for hydroxylation is 1. The molecule has 0 aliphatic heterocycles. The number of rotatable bonds is 7. The minimum atomic E-state index is -2.13. The Morgan fingerprint density at radius 3 is 2.11 bits per heavy atom. The first kappa shape index (κ1) is 15.9. The maximum Gasteiger partial charge on any atom is 0.361 e. The monoisotopic (exact) mass is 276 g/mol. The summed E-state index contributed by atoms with van der Waals surface area (Å²) >= 11 is 0. The lowest BCUT2D eigenvalue weighted by molar-refractivity contribution is 0.201. The van der Waals surface area contributed by atoms with E-state index in [1.807, 2.05) is 26.0 Å². The SMILES string of the molecule is CCO[Si](C)(/C=C/C=C/c1ccc(C)cc1)OCC. The van der Waals surface area contributed by atoms with Gasteiger partial charge in [-0.1, -0.05) is 48.1 Å². The maximum absolute atomic E-state index is 5.73. The second-order valence-corrected chi connectivity index (χ2v) is 7.45. The van der Waals surface area contributed by atoms with Crippen LogP contribution in [0.15, 0.2) is 42.1 Å². The molecule has 0 aromatic heterocycles. The van der Waals surface area contributed by atoms with Crippen LogP contribution in [0, 0.1) is 6.92 Å². The van der Waals surface area contributed by atoms with E-state index >= 15 is 0 Å². The van der Waals surface area contributed by atoms with Gasteiger partial charge in [-0.2, -0.15) is 0 Å². The van der Waals surface area contributed by atoms with Crippen molar-refractivity contribution in [2.75, 3.05) is 13.2 Å². The van der Waals surface area contributed by atoms with Gasteiger partial charge in [-0.25, -0.2) is 0 Å². The van der Waals surface area contributed by atoms with Crippen LogP contribution in [-0.4, -0.2) is 21.8 Å². The highest BCUT2D eigenvalue weighted by Gasteiger charge is 2.26. The molecule has 0 saturated carbocycles. The molecule has 0 amide bonds. The number of allylic oxidation sites excluding steroid dienone is 2. The fraction of sp³-hybridized carbons (Fsp3) is 0.375. The van der Waals surface area contributed by atoms with Gasteiger partial charge in [0.05, 0.1) is 0 Å². The van der Waals surface area contributed by atoms with Crippen LogP contribution in [-0.2, 0) is 8.85 Å². The summed E-state index contributed by atoms with van der Waals surface area (Å²) in [4.78, 5) is 0. The lowest BCUT2D eigenvalue weighted by Gasteiger charge is -2.21. The molecule has 0 unspecified atom stereocenters. The molecule has 19 heavy (non-hydrogen) atoms. The van der Waals surface area contributed by atoms with Gasteiger partial charge in [0.15, 0.2) is 0 Å². The van der Waals surface area contributed by atoms with Gasteiger partial charge >= 0.3 is 8.56 Å². The van der Waals surface area contributed by atoms with Crippen molar-refractivity contribution in [1.29, 1.82) is 0 Å². The molecule has 0 saturated heterocycles. The highest BCUT2D eigenvalue weighted by Crippen LogP contribution is 2.10. The molecule has 0 aliphatic rings. The van der Waals surface area contributed by atoms with Crippen LogP contribution >= 0.6 is 0 Å². The van der Waals surface area contributed by atoms with E-state index in [2.05, 4.69) is 49.5 Å². The van der Waals surface area contributed by atoms with E-state index in [1.165, 1.54) is 11.1 Å². The summed E-state index contributed by atoms with van der Waals surface area (Å²) in [5.74, 6) is 0. The number of benzene rings is 1. The van der Waals surface area contributed by atoms with Crippen LogP contribution in [0.3, 0.4) is 0 Å². The molecule has 0 radical (unpaired) electrons. The van der Waals surface area contributed by atoms with Crippen molar-refractivity contribution >= 4 is 14.6 Å². The standard InChI is InChI=1S/C16H24O2Si/c1-5-17-19(4,18-6-2)14-8-7-9-16-12-10-15(3)11-13-16/h7-14H,5-6H2,1-4H3/b9-7+,14-8+. The molecule has 0 bridgehead atoms. The van der Waals surface area contributed by atoms with E-state index < -0.39 is 8.56 Å². The summed E-state index contributed by atoms with van der Waals surface area (Å²) in [6.45, 7) is 9.54. The minimum absolute atomic E-state index is 0.689. The first-order chi connectivity index (χ1) is 9.09. The minimum Gasteiger partial charge on any atom is -0.392 e. The molecule has 2 nitrogen and oxygen atoms in total. The Hall–Kier alpha value is -1.16. The third-order valence-electron chi connectivity index (χ3n) is 2.74. The van der Waals surface area contributed by atoms with Crippen molar-refractivity contribution in [3.8, 4) is 0 Å². The summed E-state index contributed by atoms with van der Waals surface area (Å²) in [6, 6.07) is 8.45. The average Bonchev–Trinajstić information content (AvgIpc) is 2.37. The van der Waals surface area contributed by atoms with E-state index in [1.54, 1.807) is 0 Å². The first-order valence-corrected chi connectivity index (χ1v) is 9.19. The molecule has 0 atom stereocenters. The smallest absolute Gasteiger partial charge is 0.361 e. The van der Waals surface area contributed by atoms with Gasteiger partial charge in [-0.05, 0) is 38.6 Å². The van der Waals surface area contributed by atoms with Crippen molar-refractivity contribution in [3.05, 3.63) is 53.2 Å². The van der Waals surface area contributed by atoms with Crippen molar-refractivity contribution in [1.82, 2.24) is 0 Å². The van der Waals surface area contributed by atoms with Gasteiger partial charge in [0.25, 0.3) is 0 Å². The molecule has 1 aromatic rings. The van der Waals surface area contributed by atoms with Crippen molar-refractivity contribution in [2.24, 2.45) is 0 Å². The van der Waals surface area contributed by atoms with Gasteiger partial charge in [-0.3, -0.25) is 0 Å². The Kier molecular flexibility index (Phi) is 6.77. The number of hydrogen-bond donors (Lipinski definition) is 0. The second kappa shape index (κ2) is 8.10. The van der Waals surface area contributed by atoms with E-state index in [-0.39, 0.29) is 0 Å². The van der Waals surface area contributed by atoms with Gasteiger partial charge < -0.3 is 8.85 Å². The molecular weight excluding hydrogens is 252 g/mol. The largest absolute Gasteiger partial charge is 0.392 e. The Bertz CT molecular complexity index is 415. The summed E-state index contributed by atoms with van der Waals surface area (Å²) in [7, 11) is -2.13. The Labute approximate surface area is 118 Å². The van der Waals surface area contributed by atoms with Crippen molar-refractivity contribution in [3.63, 3.8) is 0 Å². The molecular formula is C16H24O2Si. The van der Waals surface area contributed by atoms with Gasteiger partial charge in [0, 0.05) is 13.2 Å². The summed E-state index contributed by atoms with van der Waals surface area (Å²) in [5, 5.41) is 0. The van der Waals surface area contributed by atoms with Crippen LogP contribution in [0.1, 0.15) is 25.0 Å². The predicted octanol–water partition coefficient (Wildman–Crippen LogP) is 4.25. The van der Waals surface area contributed by atoms with E-state index in [0.717, 1.165) is 0 Å². The second-order valence-electron chi connectivity index (χ2n) is 4.51. The Balaban J connectivity index is 2.62. The van der Waals surface area contributed by atoms with Crippen molar-refractivity contribution in [2.45, 2.75) is 27.3 Å². The topological polar surface area (TPSA) is 18.5 Å². The normalized spacial score (nSPS) is 12.6. The summed E-state index contributed by atoms with van der Waals surface area (Å²) in [6.07, 6.45) is 6.15. The zero-order valence-corrected chi connectivity index (χ0v) is 13.3. The first-order valence-electron chi connectivity index (χ1n) is 6.80. The highest BCUT2D eigenvalue weighted by molar-refractivity contribution is 6.71. The molecule has 1 aromatic carbocycles. The fourth-order valence-electron chi connectivity index (χ4n) is 1.79. The summed E-state index contributed by atoms with van der Waals surface area (Å²) in [5.41, 5.74) is 4.55. The van der Waals surface area contributed by atoms with Gasteiger partial charge in [-0.15, -0.1) is 0 Å². The third kappa shape index (κ3) is 6.01. The van der Waals surface area contributed by atoms with Crippen LogP contribution in [0.5, 0.6) is 0 Å². The van der Waals surface area contributed by atoms with E-state index in [4.69, 9.17) is 8.85 Å². The number of hydrogen-bond acceptors (Lipinski definition) is 2. The highest BCUT2D eigenvalue weighted by atomic mass is 28.4. The fourth-order valence-corrected chi connectivity index (χ4v) is 3.67. The van der Waals surface area contributed by atoms with Crippen LogP contribution in [0.25, 0.3) is 6.08 Å². The Morgan fingerprint density at radius 1 is 1.00 bits per heavy atom. The summed E-state index contributed by atoms with van der Waals surface area (Å²) < 4.78 is 11.5. The van der Waals surface area contributed by atoms with E-state index in [9.17, 15) is 0 Å². The van der Waals surface area contributed by atoms with E-state index in [0.29, 0.717) is 13.2 Å². The van der Waals surface area contributed by atoms with Crippen molar-refractivity contribution < 1.29 is 8.85 Å². The van der Waals surface area contributed by atoms with Gasteiger partial charge in [0.2, 0.25) is 0 Å². The van der Waals surface area contributed by atoms with Crippen LogP contribution < -0.4 is 0 Å². The molecule has 0 N–H and O–H groups in total. The zero-order chi connectivity index (χ0) is 14.1. The molecule has 104 valence electrons. The average molecular weight is 276 g/mol. The molecule has 0 aliphatic carbocycles. The lowest BCUT2D eigenvalue weighted by Crippen LogP contribution is -2.36. The molecule has 0 heterocycles. The van der Waals surface area contributed by atoms with Crippen LogP contribution in [0.2, 0.25) is 6.55 Å². The molecule has 0 fully saturated rings. The quantitative estimate of drug-likeness (QED) is 0.547. The van der Waals surface area contributed by atoms with Crippen LogP contribution in [0.4, 0.5) is 0 Å². The predicted molar refractivity (Wildman–Crippen MR) is 84.2 cm³/mol. The Morgan fingerprint density at radius 2 is 1.58 bits per heavy atom. The maximum atomic E-state index is 5.73.